The lowest BCUT2D eigenvalue weighted by Gasteiger charge is -2.13. The Bertz CT molecular complexity index is 1140. The molecule has 6 nitrogen and oxygen atoms in total. The second-order valence-electron chi connectivity index (χ2n) is 6.96. The Morgan fingerprint density at radius 1 is 1.07 bits per heavy atom. The molecule has 0 aliphatic heterocycles. The first-order chi connectivity index (χ1) is 14.2. The maximum atomic E-state index is 5.47. The van der Waals surface area contributed by atoms with E-state index in [1.165, 1.54) is 0 Å². The minimum Gasteiger partial charge on any atom is -0.496 e. The topological polar surface area (TPSA) is 73.1 Å². The molecule has 2 heterocycles. The highest BCUT2D eigenvalue weighted by atomic mass is 16.5. The van der Waals surface area contributed by atoms with Crippen molar-refractivity contribution < 1.29 is 9.26 Å². The van der Waals surface area contributed by atoms with Crippen molar-refractivity contribution in [2.24, 2.45) is 0 Å². The first-order valence-corrected chi connectivity index (χ1v) is 9.78. The van der Waals surface area contributed by atoms with Crippen molar-refractivity contribution in [3.05, 3.63) is 65.5 Å². The van der Waals surface area contributed by atoms with Gasteiger partial charge in [0.25, 0.3) is 0 Å². The van der Waals surface area contributed by atoms with E-state index in [1.807, 2.05) is 30.3 Å². The maximum Gasteiger partial charge on any atom is 0.226 e. The lowest BCUT2D eigenvalue weighted by atomic mass is 10.1. The Morgan fingerprint density at radius 3 is 2.76 bits per heavy atom. The van der Waals surface area contributed by atoms with Crippen LogP contribution >= 0.6 is 0 Å². The molecule has 148 valence electrons. The zero-order chi connectivity index (χ0) is 20.2. The maximum absolute atomic E-state index is 5.47. The van der Waals surface area contributed by atoms with Gasteiger partial charge >= 0.3 is 0 Å². The van der Waals surface area contributed by atoms with Gasteiger partial charge in [-0.05, 0) is 31.0 Å². The molecule has 0 aliphatic carbocycles. The fourth-order valence-corrected chi connectivity index (χ4v) is 3.36. The third-order valence-electron chi connectivity index (χ3n) is 4.86. The molecule has 0 fully saturated rings. The number of nitrogens with zero attached hydrogens (tertiary/aromatic N) is 3. The van der Waals surface area contributed by atoms with E-state index < -0.39 is 0 Å². The number of hydrogen-bond acceptors (Lipinski definition) is 6. The number of aryl methyl sites for hydroxylation is 2. The van der Waals surface area contributed by atoms with Gasteiger partial charge in [-0.1, -0.05) is 48.5 Å². The number of ether oxygens (including phenoxy) is 1. The Labute approximate surface area is 169 Å². The second-order valence-corrected chi connectivity index (χ2v) is 6.96. The third-order valence-corrected chi connectivity index (χ3v) is 4.86. The largest absolute Gasteiger partial charge is 0.496 e. The monoisotopic (exact) mass is 388 g/mol. The van der Waals surface area contributed by atoms with Gasteiger partial charge in [0, 0.05) is 23.9 Å². The van der Waals surface area contributed by atoms with Gasteiger partial charge in [-0.2, -0.15) is 4.98 Å². The summed E-state index contributed by atoms with van der Waals surface area (Å²) in [5.74, 6) is 2.75. The van der Waals surface area contributed by atoms with Crippen molar-refractivity contribution in [3.8, 4) is 17.1 Å². The summed E-state index contributed by atoms with van der Waals surface area (Å²) in [6, 6.07) is 16.2. The summed E-state index contributed by atoms with van der Waals surface area (Å²) in [6.45, 7) is 4.72. The van der Waals surface area contributed by atoms with Crippen LogP contribution < -0.4 is 10.1 Å². The number of nitrogens with one attached hydrogen (secondary N) is 1. The molecule has 0 saturated carbocycles. The van der Waals surface area contributed by atoms with Crippen molar-refractivity contribution in [2.75, 3.05) is 12.4 Å². The molecule has 0 radical (unpaired) electrons. The van der Waals surface area contributed by atoms with Crippen LogP contribution in [0.25, 0.3) is 22.3 Å². The Kier molecular flexibility index (Phi) is 5.42. The summed E-state index contributed by atoms with van der Waals surface area (Å²) in [5.41, 5.74) is 3.95. The van der Waals surface area contributed by atoms with Gasteiger partial charge in [0.2, 0.25) is 11.7 Å². The van der Waals surface area contributed by atoms with E-state index in [0.717, 1.165) is 52.0 Å². The average Bonchev–Trinajstić information content (AvgIpc) is 3.21. The number of para-hydroxylation sites is 2. The predicted octanol–water partition coefficient (Wildman–Crippen LogP) is 5.17. The minimum absolute atomic E-state index is 0.548. The average molecular weight is 388 g/mol. The quantitative estimate of drug-likeness (QED) is 0.471. The molecular weight excluding hydrogens is 364 g/mol. The first-order valence-electron chi connectivity index (χ1n) is 9.78. The van der Waals surface area contributed by atoms with Crippen LogP contribution in [0.2, 0.25) is 0 Å². The summed E-state index contributed by atoms with van der Waals surface area (Å²) in [7, 11) is 1.68. The van der Waals surface area contributed by atoms with Gasteiger partial charge in [0.15, 0.2) is 0 Å². The Morgan fingerprint density at radius 2 is 1.93 bits per heavy atom. The lowest BCUT2D eigenvalue weighted by molar-refractivity contribution is 0.378. The summed E-state index contributed by atoms with van der Waals surface area (Å²) in [6.07, 6.45) is 1.72. The van der Waals surface area contributed by atoms with Crippen LogP contribution in [0.4, 0.5) is 5.82 Å². The number of fused-ring (bicyclic) bond motifs is 1. The van der Waals surface area contributed by atoms with Gasteiger partial charge in [0.1, 0.15) is 11.6 Å². The lowest BCUT2D eigenvalue weighted by Crippen LogP contribution is -2.05. The zero-order valence-corrected chi connectivity index (χ0v) is 16.9. The van der Waals surface area contributed by atoms with E-state index in [9.17, 15) is 0 Å². The molecule has 0 saturated heterocycles. The first kappa shape index (κ1) is 18.9. The van der Waals surface area contributed by atoms with Crippen LogP contribution in [0, 0.1) is 6.92 Å². The standard InChI is InChI=1S/C23H24N4O2/c1-4-8-20-25-23(27-29-20)18-13-16-11-7-9-15(2)21(16)26-22(18)24-14-17-10-5-6-12-19(17)28-3/h5-7,9-13H,4,8,14H2,1-3H3,(H,24,26). The van der Waals surface area contributed by atoms with Crippen LogP contribution in [0.5, 0.6) is 5.75 Å². The molecule has 0 atom stereocenters. The van der Waals surface area contributed by atoms with Gasteiger partial charge in [-0.3, -0.25) is 0 Å². The third kappa shape index (κ3) is 3.92. The number of rotatable bonds is 7. The molecule has 0 amide bonds. The highest BCUT2D eigenvalue weighted by Gasteiger charge is 2.16. The molecule has 2 aromatic heterocycles. The van der Waals surface area contributed by atoms with E-state index in [2.05, 4.69) is 47.5 Å². The molecule has 0 unspecified atom stereocenters. The molecule has 2 aromatic carbocycles. The summed E-state index contributed by atoms with van der Waals surface area (Å²) < 4.78 is 10.9. The van der Waals surface area contributed by atoms with Crippen LogP contribution in [0.1, 0.15) is 30.4 Å². The van der Waals surface area contributed by atoms with E-state index >= 15 is 0 Å². The highest BCUT2D eigenvalue weighted by molar-refractivity contribution is 5.89. The number of methoxy groups -OCH3 is 1. The van der Waals surface area contributed by atoms with Crippen LogP contribution in [0.15, 0.2) is 53.1 Å². The van der Waals surface area contributed by atoms with E-state index in [0.29, 0.717) is 18.3 Å². The summed E-state index contributed by atoms with van der Waals surface area (Å²) in [4.78, 5) is 9.47. The van der Waals surface area contributed by atoms with Crippen molar-refractivity contribution >= 4 is 16.7 Å². The molecule has 4 rings (SSSR count). The van der Waals surface area contributed by atoms with Gasteiger partial charge < -0.3 is 14.6 Å². The van der Waals surface area contributed by atoms with Crippen LogP contribution in [0.3, 0.4) is 0 Å². The number of anilines is 1. The SMILES string of the molecule is CCCc1nc(-c2cc3cccc(C)c3nc2NCc2ccccc2OC)no1. The van der Waals surface area contributed by atoms with Crippen molar-refractivity contribution in [1.29, 1.82) is 0 Å². The molecule has 0 bridgehead atoms. The molecule has 6 heteroatoms. The Hall–Kier alpha value is -3.41. The number of pyridine rings is 1. The van der Waals surface area contributed by atoms with E-state index in [1.54, 1.807) is 7.11 Å². The number of benzene rings is 2. The fraction of sp³-hybridized carbons (Fsp3) is 0.261. The van der Waals surface area contributed by atoms with Crippen molar-refractivity contribution in [3.63, 3.8) is 0 Å². The van der Waals surface area contributed by atoms with Crippen molar-refractivity contribution in [2.45, 2.75) is 33.2 Å². The molecule has 0 aliphatic rings. The second kappa shape index (κ2) is 8.31. The van der Waals surface area contributed by atoms with Gasteiger partial charge in [0.05, 0.1) is 18.2 Å². The smallest absolute Gasteiger partial charge is 0.226 e. The van der Waals surface area contributed by atoms with E-state index in [4.69, 9.17) is 14.2 Å². The molecule has 0 spiro atoms. The van der Waals surface area contributed by atoms with E-state index in [-0.39, 0.29) is 0 Å². The van der Waals surface area contributed by atoms with Crippen LogP contribution in [-0.2, 0) is 13.0 Å². The van der Waals surface area contributed by atoms with Gasteiger partial charge in [-0.25, -0.2) is 4.98 Å². The molecule has 29 heavy (non-hydrogen) atoms. The minimum atomic E-state index is 0.548. The molecule has 4 aromatic rings. The Balaban J connectivity index is 1.76. The molecule has 1 N–H and O–H groups in total. The fourth-order valence-electron chi connectivity index (χ4n) is 3.36. The highest BCUT2D eigenvalue weighted by Crippen LogP contribution is 2.30. The van der Waals surface area contributed by atoms with Gasteiger partial charge in [-0.15, -0.1) is 0 Å². The molecular formula is C23H24N4O2. The summed E-state index contributed by atoms with van der Waals surface area (Å²) in [5, 5.41) is 8.69. The normalized spacial score (nSPS) is 11.0. The number of hydrogen-bond donors (Lipinski definition) is 1. The summed E-state index contributed by atoms with van der Waals surface area (Å²) >= 11 is 0. The van der Waals surface area contributed by atoms with Crippen molar-refractivity contribution in [1.82, 2.24) is 15.1 Å². The predicted molar refractivity (Wildman–Crippen MR) is 114 cm³/mol. The zero-order valence-electron chi connectivity index (χ0n) is 16.9. The number of aromatic nitrogens is 3. The van der Waals surface area contributed by atoms with Crippen LogP contribution in [-0.4, -0.2) is 22.2 Å².